The van der Waals surface area contributed by atoms with Crippen molar-refractivity contribution in [1.29, 1.82) is 0 Å². The molecule has 0 unspecified atom stereocenters. The molecule has 3 aliphatic heterocycles. The van der Waals surface area contributed by atoms with Gasteiger partial charge in [0, 0.05) is 5.56 Å². The van der Waals surface area contributed by atoms with Gasteiger partial charge >= 0.3 is 0 Å². The highest BCUT2D eigenvalue weighted by atomic mass is 16.9. The van der Waals surface area contributed by atoms with Gasteiger partial charge in [0.1, 0.15) is 24.9 Å². The third kappa shape index (κ3) is 4.39. The Morgan fingerprint density at radius 3 is 2.42 bits per heavy atom. The van der Waals surface area contributed by atoms with Crippen molar-refractivity contribution in [2.45, 2.75) is 56.6 Å². The van der Waals surface area contributed by atoms with Gasteiger partial charge in [0.05, 0.1) is 13.2 Å². The SMILES string of the molecule is CC1(C)OC[C@]2(OC[C@H]3O[C@@H](C#Cc4ccccc4)O[C@H]3[C@@H]2OCc2ccccc2)O1. The number of ether oxygens (including phenoxy) is 6. The second kappa shape index (κ2) is 8.36. The minimum Gasteiger partial charge on any atom is -0.365 e. The van der Waals surface area contributed by atoms with Crippen LogP contribution in [0.3, 0.4) is 0 Å². The van der Waals surface area contributed by atoms with E-state index in [1.54, 1.807) is 0 Å². The third-order valence-corrected chi connectivity index (χ3v) is 5.59. The molecule has 6 nitrogen and oxygen atoms in total. The van der Waals surface area contributed by atoms with E-state index in [0.29, 0.717) is 13.2 Å². The van der Waals surface area contributed by atoms with E-state index >= 15 is 0 Å². The predicted octanol–water partition coefficient (Wildman–Crippen LogP) is 3.24. The highest BCUT2D eigenvalue weighted by Gasteiger charge is 2.62. The van der Waals surface area contributed by atoms with Crippen molar-refractivity contribution in [2.24, 2.45) is 0 Å². The smallest absolute Gasteiger partial charge is 0.224 e. The molecule has 0 amide bonds. The molecular formula is C25H26O6. The van der Waals surface area contributed by atoms with Gasteiger partial charge < -0.3 is 28.4 Å². The lowest BCUT2D eigenvalue weighted by molar-refractivity contribution is -0.335. The first kappa shape index (κ1) is 20.7. The van der Waals surface area contributed by atoms with Crippen LogP contribution in [0.2, 0.25) is 0 Å². The van der Waals surface area contributed by atoms with Gasteiger partial charge in [0.25, 0.3) is 0 Å². The third-order valence-electron chi connectivity index (χ3n) is 5.59. The summed E-state index contributed by atoms with van der Waals surface area (Å²) < 4.78 is 36.8. The Kier molecular flexibility index (Phi) is 5.57. The topological polar surface area (TPSA) is 55.4 Å². The minimum absolute atomic E-state index is 0.256. The summed E-state index contributed by atoms with van der Waals surface area (Å²) in [6, 6.07) is 19.7. The zero-order valence-corrected chi connectivity index (χ0v) is 17.7. The molecule has 2 aromatic rings. The van der Waals surface area contributed by atoms with Crippen LogP contribution in [0.15, 0.2) is 60.7 Å². The molecule has 3 saturated heterocycles. The van der Waals surface area contributed by atoms with E-state index in [2.05, 4.69) is 11.8 Å². The first-order valence-electron chi connectivity index (χ1n) is 10.5. The summed E-state index contributed by atoms with van der Waals surface area (Å²) in [5, 5.41) is 0. The quantitative estimate of drug-likeness (QED) is 0.708. The zero-order valence-electron chi connectivity index (χ0n) is 17.7. The fraction of sp³-hybridized carbons (Fsp3) is 0.440. The lowest BCUT2D eigenvalue weighted by atomic mass is 9.97. The molecule has 5 rings (SSSR count). The van der Waals surface area contributed by atoms with Crippen molar-refractivity contribution in [2.75, 3.05) is 13.2 Å². The van der Waals surface area contributed by atoms with Crippen LogP contribution in [0.1, 0.15) is 25.0 Å². The van der Waals surface area contributed by atoms with E-state index in [1.165, 1.54) is 0 Å². The molecule has 3 heterocycles. The summed E-state index contributed by atoms with van der Waals surface area (Å²) in [5.41, 5.74) is 1.96. The molecule has 0 saturated carbocycles. The molecule has 1 spiro atoms. The second-order valence-corrected chi connectivity index (χ2v) is 8.37. The Bertz CT molecular complexity index is 950. The Hall–Kier alpha value is -2.24. The molecule has 2 aromatic carbocycles. The van der Waals surface area contributed by atoms with Gasteiger partial charge in [-0.2, -0.15) is 0 Å². The molecule has 3 fully saturated rings. The van der Waals surface area contributed by atoms with E-state index in [1.807, 2.05) is 74.5 Å². The van der Waals surface area contributed by atoms with Crippen molar-refractivity contribution >= 4 is 0 Å². The maximum Gasteiger partial charge on any atom is 0.224 e. The highest BCUT2D eigenvalue weighted by molar-refractivity contribution is 5.34. The molecule has 0 bridgehead atoms. The average molecular weight is 422 g/mol. The van der Waals surface area contributed by atoms with E-state index in [9.17, 15) is 0 Å². The van der Waals surface area contributed by atoms with E-state index in [4.69, 9.17) is 28.4 Å². The molecular weight excluding hydrogens is 396 g/mol. The van der Waals surface area contributed by atoms with E-state index in [-0.39, 0.29) is 18.8 Å². The summed E-state index contributed by atoms with van der Waals surface area (Å²) in [6.07, 6.45) is -1.87. The van der Waals surface area contributed by atoms with Crippen LogP contribution in [0.25, 0.3) is 0 Å². The average Bonchev–Trinajstić information content (AvgIpc) is 3.34. The molecule has 0 aromatic heterocycles. The summed E-state index contributed by atoms with van der Waals surface area (Å²) in [6.45, 7) is 4.70. The maximum absolute atomic E-state index is 6.34. The lowest BCUT2D eigenvalue weighted by Gasteiger charge is -2.43. The van der Waals surface area contributed by atoms with Crippen molar-refractivity contribution in [3.05, 3.63) is 71.8 Å². The molecule has 0 radical (unpaired) electrons. The highest BCUT2D eigenvalue weighted by Crippen LogP contribution is 2.43. The maximum atomic E-state index is 6.34. The Labute approximate surface area is 182 Å². The summed E-state index contributed by atoms with van der Waals surface area (Å²) >= 11 is 0. The predicted molar refractivity (Wildman–Crippen MR) is 112 cm³/mol. The van der Waals surface area contributed by atoms with Crippen molar-refractivity contribution in [1.82, 2.24) is 0 Å². The van der Waals surface area contributed by atoms with Gasteiger partial charge in [0.2, 0.25) is 12.1 Å². The van der Waals surface area contributed by atoms with Crippen LogP contribution in [0.4, 0.5) is 0 Å². The van der Waals surface area contributed by atoms with Crippen LogP contribution >= 0.6 is 0 Å². The fourth-order valence-electron chi connectivity index (χ4n) is 4.13. The van der Waals surface area contributed by atoms with Crippen LogP contribution in [0.5, 0.6) is 0 Å². The molecule has 0 aliphatic carbocycles. The van der Waals surface area contributed by atoms with Crippen molar-refractivity contribution in [3.8, 4) is 11.8 Å². The van der Waals surface area contributed by atoms with Crippen LogP contribution < -0.4 is 0 Å². The number of fused-ring (bicyclic) bond motifs is 1. The van der Waals surface area contributed by atoms with Gasteiger partial charge in [0.15, 0.2) is 5.79 Å². The van der Waals surface area contributed by atoms with Crippen LogP contribution in [0, 0.1) is 11.8 Å². The Morgan fingerprint density at radius 2 is 1.71 bits per heavy atom. The monoisotopic (exact) mass is 422 g/mol. The number of hydrogen-bond donors (Lipinski definition) is 0. The molecule has 31 heavy (non-hydrogen) atoms. The van der Waals surface area contributed by atoms with Gasteiger partial charge in [-0.3, -0.25) is 0 Å². The molecule has 6 heteroatoms. The fourth-order valence-corrected chi connectivity index (χ4v) is 4.13. The lowest BCUT2D eigenvalue weighted by Crippen LogP contribution is -2.62. The van der Waals surface area contributed by atoms with E-state index in [0.717, 1.165) is 11.1 Å². The van der Waals surface area contributed by atoms with Crippen LogP contribution in [-0.4, -0.2) is 49.4 Å². The van der Waals surface area contributed by atoms with Gasteiger partial charge in [-0.05, 0) is 37.5 Å². The summed E-state index contributed by atoms with van der Waals surface area (Å²) in [5.74, 6) is 4.35. The van der Waals surface area contributed by atoms with Crippen molar-refractivity contribution in [3.63, 3.8) is 0 Å². The standard InChI is InChI=1S/C25H26O6/c1-24(2)28-17-25(31-24)23(26-15-19-11-7-4-8-12-19)22-20(16-27-25)29-21(30-22)14-13-18-9-5-3-6-10-18/h3-12,20-23H,15-17H2,1-2H3/t20-,21-,22-,23+,25+/m1/s1. The zero-order chi connectivity index (χ0) is 21.3. The first-order chi connectivity index (χ1) is 15.0. The van der Waals surface area contributed by atoms with Gasteiger partial charge in [-0.15, -0.1) is 0 Å². The number of hydrogen-bond acceptors (Lipinski definition) is 6. The van der Waals surface area contributed by atoms with Crippen molar-refractivity contribution < 1.29 is 28.4 Å². The second-order valence-electron chi connectivity index (χ2n) is 8.37. The normalized spacial score (nSPS) is 33.6. The van der Waals surface area contributed by atoms with E-state index < -0.39 is 24.0 Å². The first-order valence-corrected chi connectivity index (χ1v) is 10.5. The molecule has 162 valence electrons. The Balaban J connectivity index is 1.36. The largest absolute Gasteiger partial charge is 0.365 e. The molecule has 3 aliphatic rings. The Morgan fingerprint density at radius 1 is 0.968 bits per heavy atom. The minimum atomic E-state index is -1.05. The molecule has 0 N–H and O–H groups in total. The summed E-state index contributed by atoms with van der Waals surface area (Å²) in [4.78, 5) is 0. The number of benzene rings is 2. The van der Waals surface area contributed by atoms with Crippen LogP contribution in [-0.2, 0) is 35.0 Å². The molecule has 5 atom stereocenters. The van der Waals surface area contributed by atoms with Gasteiger partial charge in [-0.1, -0.05) is 54.5 Å². The van der Waals surface area contributed by atoms with Gasteiger partial charge in [-0.25, -0.2) is 0 Å². The summed E-state index contributed by atoms with van der Waals surface area (Å²) in [7, 11) is 0. The number of rotatable bonds is 3.